The van der Waals surface area contributed by atoms with Gasteiger partial charge in [-0.3, -0.25) is 14.6 Å². The number of benzene rings is 1. The maximum Gasteiger partial charge on any atom is 0.230 e. The van der Waals surface area contributed by atoms with E-state index in [1.807, 2.05) is 11.0 Å². The van der Waals surface area contributed by atoms with Crippen molar-refractivity contribution in [1.29, 1.82) is 0 Å². The van der Waals surface area contributed by atoms with Crippen molar-refractivity contribution in [2.75, 3.05) is 45.9 Å². The van der Waals surface area contributed by atoms with E-state index in [2.05, 4.69) is 47.9 Å². The summed E-state index contributed by atoms with van der Waals surface area (Å²) in [7, 11) is 0. The number of carbonyl (C=O) groups excluding carboxylic acids is 1. The Morgan fingerprint density at radius 1 is 1.12 bits per heavy atom. The zero-order valence-corrected chi connectivity index (χ0v) is 16.2. The third kappa shape index (κ3) is 4.27. The number of amides is 1. The van der Waals surface area contributed by atoms with Gasteiger partial charge in [0.05, 0.1) is 5.41 Å². The Labute approximate surface area is 157 Å². The van der Waals surface area contributed by atoms with Gasteiger partial charge >= 0.3 is 0 Å². The second kappa shape index (κ2) is 8.51. The number of carbonyl (C=O) groups is 1. The Balaban J connectivity index is 1.64. The lowest BCUT2D eigenvalue weighted by Crippen LogP contribution is -2.55. The van der Waals surface area contributed by atoms with Gasteiger partial charge < -0.3 is 10.0 Å². The van der Waals surface area contributed by atoms with E-state index < -0.39 is 5.41 Å². The molecule has 0 saturated carbocycles. The van der Waals surface area contributed by atoms with Crippen LogP contribution in [0.5, 0.6) is 0 Å². The summed E-state index contributed by atoms with van der Waals surface area (Å²) in [6.07, 6.45) is 1.42. The second-order valence-electron chi connectivity index (χ2n) is 8.12. The zero-order chi connectivity index (χ0) is 18.6. The molecule has 2 saturated heterocycles. The van der Waals surface area contributed by atoms with Crippen LogP contribution in [0.3, 0.4) is 0 Å². The molecular formula is C21H33N3O2. The van der Waals surface area contributed by atoms with Crippen LogP contribution in [0, 0.1) is 5.41 Å². The molecule has 1 amide bonds. The number of aliphatic hydroxyl groups is 1. The minimum atomic E-state index is -0.413. The lowest BCUT2D eigenvalue weighted by Gasteiger charge is -2.41. The van der Waals surface area contributed by atoms with E-state index in [9.17, 15) is 9.90 Å². The van der Waals surface area contributed by atoms with Gasteiger partial charge in [-0.05, 0) is 38.8 Å². The van der Waals surface area contributed by atoms with Crippen molar-refractivity contribution in [2.24, 2.45) is 5.41 Å². The zero-order valence-electron chi connectivity index (χ0n) is 16.2. The quantitative estimate of drug-likeness (QED) is 0.842. The molecule has 0 radical (unpaired) electrons. The first kappa shape index (κ1) is 19.3. The van der Waals surface area contributed by atoms with Crippen LogP contribution in [0.1, 0.15) is 32.3 Å². The van der Waals surface area contributed by atoms with E-state index >= 15 is 0 Å². The van der Waals surface area contributed by atoms with Gasteiger partial charge in [0.2, 0.25) is 5.91 Å². The molecule has 1 unspecified atom stereocenters. The smallest absolute Gasteiger partial charge is 0.230 e. The molecule has 0 aliphatic carbocycles. The number of hydrogen-bond donors (Lipinski definition) is 1. The van der Waals surface area contributed by atoms with E-state index in [1.165, 1.54) is 5.56 Å². The Hall–Kier alpha value is -1.43. The normalized spacial score (nSPS) is 25.2. The van der Waals surface area contributed by atoms with E-state index in [0.29, 0.717) is 12.5 Å². The summed E-state index contributed by atoms with van der Waals surface area (Å²) in [6.45, 7) is 10.6. The molecular weight excluding hydrogens is 326 g/mol. The van der Waals surface area contributed by atoms with Crippen LogP contribution < -0.4 is 0 Å². The summed E-state index contributed by atoms with van der Waals surface area (Å²) in [5.41, 5.74) is 0.870. The molecule has 0 aromatic heterocycles. The Morgan fingerprint density at radius 3 is 2.42 bits per heavy atom. The molecule has 144 valence electrons. The van der Waals surface area contributed by atoms with Crippen LogP contribution in [-0.2, 0) is 11.3 Å². The van der Waals surface area contributed by atoms with E-state index in [1.54, 1.807) is 0 Å². The average molecular weight is 360 g/mol. The summed E-state index contributed by atoms with van der Waals surface area (Å²) in [6, 6.07) is 11.0. The first-order chi connectivity index (χ1) is 12.5. The predicted octanol–water partition coefficient (Wildman–Crippen LogP) is 1.81. The van der Waals surface area contributed by atoms with Crippen LogP contribution >= 0.6 is 0 Å². The summed E-state index contributed by atoms with van der Waals surface area (Å²) in [4.78, 5) is 20.2. The Bertz CT molecular complexity index is 584. The van der Waals surface area contributed by atoms with E-state index in [4.69, 9.17) is 0 Å². The SMILES string of the molecule is CC(C)N1CCN(C(=O)C2(CCO)CCN(Cc3ccccc3)C2)CC1. The molecule has 2 fully saturated rings. The third-order valence-corrected chi connectivity index (χ3v) is 6.06. The fraction of sp³-hybridized carbons (Fsp3) is 0.667. The molecule has 2 aliphatic rings. The minimum Gasteiger partial charge on any atom is -0.396 e. The first-order valence-electron chi connectivity index (χ1n) is 9.95. The molecule has 2 aliphatic heterocycles. The Kier molecular flexibility index (Phi) is 6.33. The van der Waals surface area contributed by atoms with Crippen LogP contribution in [0.2, 0.25) is 0 Å². The summed E-state index contributed by atoms with van der Waals surface area (Å²) in [5, 5.41) is 9.63. The summed E-state index contributed by atoms with van der Waals surface area (Å²) in [5.74, 6) is 0.255. The monoisotopic (exact) mass is 359 g/mol. The summed E-state index contributed by atoms with van der Waals surface area (Å²) < 4.78 is 0. The van der Waals surface area contributed by atoms with Gasteiger partial charge in [0.25, 0.3) is 0 Å². The highest BCUT2D eigenvalue weighted by Gasteiger charge is 2.46. The molecule has 0 spiro atoms. The molecule has 1 N–H and O–H groups in total. The molecule has 5 heteroatoms. The Morgan fingerprint density at radius 2 is 1.81 bits per heavy atom. The molecule has 1 atom stereocenters. The number of likely N-dealkylation sites (tertiary alicyclic amines) is 1. The number of aliphatic hydroxyl groups excluding tert-OH is 1. The minimum absolute atomic E-state index is 0.0802. The van der Waals surface area contributed by atoms with E-state index in [-0.39, 0.29) is 12.5 Å². The molecule has 0 bridgehead atoms. The van der Waals surface area contributed by atoms with Gasteiger partial charge in [0.1, 0.15) is 0 Å². The van der Waals surface area contributed by atoms with Gasteiger partial charge in [0.15, 0.2) is 0 Å². The molecule has 2 heterocycles. The highest BCUT2D eigenvalue weighted by Crippen LogP contribution is 2.37. The van der Waals surface area contributed by atoms with Crippen molar-refractivity contribution in [3.8, 4) is 0 Å². The van der Waals surface area contributed by atoms with Gasteiger partial charge in [0, 0.05) is 51.9 Å². The van der Waals surface area contributed by atoms with Crippen LogP contribution in [-0.4, -0.2) is 77.6 Å². The third-order valence-electron chi connectivity index (χ3n) is 6.06. The van der Waals surface area contributed by atoms with E-state index in [0.717, 1.165) is 52.2 Å². The molecule has 26 heavy (non-hydrogen) atoms. The molecule has 5 nitrogen and oxygen atoms in total. The van der Waals surface area contributed by atoms with Gasteiger partial charge in [-0.1, -0.05) is 30.3 Å². The van der Waals surface area contributed by atoms with Crippen molar-refractivity contribution >= 4 is 5.91 Å². The standard InChI is InChI=1S/C21H33N3O2/c1-18(2)23-11-13-24(14-12-23)20(26)21(9-15-25)8-10-22(17-21)16-19-6-4-3-5-7-19/h3-7,18,25H,8-17H2,1-2H3. The number of rotatable bonds is 6. The first-order valence-corrected chi connectivity index (χ1v) is 9.95. The van der Waals surface area contributed by atoms with Crippen LogP contribution in [0.4, 0.5) is 0 Å². The highest BCUT2D eigenvalue weighted by molar-refractivity contribution is 5.83. The maximum absolute atomic E-state index is 13.4. The van der Waals surface area contributed by atoms with Crippen molar-refractivity contribution in [1.82, 2.24) is 14.7 Å². The largest absolute Gasteiger partial charge is 0.396 e. The lowest BCUT2D eigenvalue weighted by molar-refractivity contribution is -0.144. The van der Waals surface area contributed by atoms with Gasteiger partial charge in [-0.15, -0.1) is 0 Å². The van der Waals surface area contributed by atoms with Crippen LogP contribution in [0.25, 0.3) is 0 Å². The topological polar surface area (TPSA) is 47.0 Å². The molecule has 3 rings (SSSR count). The fourth-order valence-electron chi connectivity index (χ4n) is 4.41. The van der Waals surface area contributed by atoms with Crippen molar-refractivity contribution < 1.29 is 9.90 Å². The second-order valence-corrected chi connectivity index (χ2v) is 8.12. The maximum atomic E-state index is 13.4. The van der Waals surface area contributed by atoms with Crippen molar-refractivity contribution in [2.45, 2.75) is 39.3 Å². The average Bonchev–Trinajstić information content (AvgIpc) is 3.06. The van der Waals surface area contributed by atoms with Gasteiger partial charge in [-0.2, -0.15) is 0 Å². The fourth-order valence-corrected chi connectivity index (χ4v) is 4.41. The highest BCUT2D eigenvalue weighted by atomic mass is 16.3. The number of hydrogen-bond acceptors (Lipinski definition) is 4. The lowest BCUT2D eigenvalue weighted by atomic mass is 9.82. The predicted molar refractivity (Wildman–Crippen MR) is 104 cm³/mol. The number of piperazine rings is 1. The number of nitrogens with zero attached hydrogens (tertiary/aromatic N) is 3. The van der Waals surface area contributed by atoms with Crippen molar-refractivity contribution in [3.05, 3.63) is 35.9 Å². The van der Waals surface area contributed by atoms with Gasteiger partial charge in [-0.25, -0.2) is 0 Å². The molecule has 1 aromatic rings. The van der Waals surface area contributed by atoms with Crippen molar-refractivity contribution in [3.63, 3.8) is 0 Å². The summed E-state index contributed by atoms with van der Waals surface area (Å²) >= 11 is 0. The molecule has 1 aromatic carbocycles. The van der Waals surface area contributed by atoms with Crippen LogP contribution in [0.15, 0.2) is 30.3 Å².